The molecule has 35 heavy (non-hydrogen) atoms. The highest BCUT2D eigenvalue weighted by molar-refractivity contribution is 5.59. The van der Waals surface area contributed by atoms with E-state index in [1.807, 2.05) is 12.3 Å². The lowest BCUT2D eigenvalue weighted by Crippen LogP contribution is -1.98. The van der Waals surface area contributed by atoms with Gasteiger partial charge in [0.1, 0.15) is 5.75 Å². The van der Waals surface area contributed by atoms with Crippen molar-refractivity contribution in [2.24, 2.45) is 0 Å². The smallest absolute Gasteiger partial charge is 0.137 e. The number of nitrogens with zero attached hydrogens (tertiary/aromatic N) is 1. The zero-order valence-electron chi connectivity index (χ0n) is 22.1. The van der Waals surface area contributed by atoms with E-state index in [1.165, 1.54) is 80.9 Å². The molecule has 0 atom stereocenters. The summed E-state index contributed by atoms with van der Waals surface area (Å²) in [4.78, 5) is 4.61. The molecule has 1 aromatic heterocycles. The summed E-state index contributed by atoms with van der Waals surface area (Å²) in [6.07, 6.45) is 18.3. The molecule has 1 heterocycles. The van der Waals surface area contributed by atoms with Crippen LogP contribution in [0.15, 0.2) is 66.9 Å². The largest absolute Gasteiger partial charge is 0.492 e. The molecule has 0 aliphatic carbocycles. The van der Waals surface area contributed by atoms with E-state index in [1.54, 1.807) is 0 Å². The predicted octanol–water partition coefficient (Wildman–Crippen LogP) is 9.40. The topological polar surface area (TPSA) is 22.1 Å². The second-order valence-corrected chi connectivity index (χ2v) is 9.82. The minimum absolute atomic E-state index is 0.775. The summed E-state index contributed by atoms with van der Waals surface area (Å²) in [5.41, 5.74) is 6.43. The minimum atomic E-state index is 0.775. The third-order valence-corrected chi connectivity index (χ3v) is 6.80. The fraction of sp³-hybridized carbons (Fsp3) is 0.485. The number of aromatic nitrogens is 1. The van der Waals surface area contributed by atoms with Crippen molar-refractivity contribution < 1.29 is 4.74 Å². The highest BCUT2D eigenvalue weighted by Gasteiger charge is 2.03. The molecule has 0 fully saturated rings. The quantitative estimate of drug-likeness (QED) is 0.183. The Balaban J connectivity index is 1.39. The van der Waals surface area contributed by atoms with Crippen molar-refractivity contribution in [3.63, 3.8) is 0 Å². The molecule has 188 valence electrons. The molecule has 0 N–H and O–H groups in total. The van der Waals surface area contributed by atoms with Gasteiger partial charge in [-0.1, -0.05) is 114 Å². The number of ether oxygens (including phenoxy) is 1. The van der Waals surface area contributed by atoms with Crippen LogP contribution in [-0.4, -0.2) is 11.6 Å². The number of benzene rings is 2. The van der Waals surface area contributed by atoms with Gasteiger partial charge < -0.3 is 4.74 Å². The van der Waals surface area contributed by atoms with Gasteiger partial charge >= 0.3 is 0 Å². The Labute approximate surface area is 214 Å². The zero-order valence-corrected chi connectivity index (χ0v) is 22.1. The molecule has 0 radical (unpaired) electrons. The number of rotatable bonds is 17. The van der Waals surface area contributed by atoms with Crippen LogP contribution in [0.1, 0.15) is 94.7 Å². The van der Waals surface area contributed by atoms with Crippen LogP contribution in [0.5, 0.6) is 5.75 Å². The van der Waals surface area contributed by atoms with Crippen molar-refractivity contribution in [3.05, 3.63) is 83.6 Å². The molecule has 0 spiro atoms. The van der Waals surface area contributed by atoms with E-state index in [0.29, 0.717) is 0 Å². The van der Waals surface area contributed by atoms with E-state index in [9.17, 15) is 0 Å². The van der Waals surface area contributed by atoms with Gasteiger partial charge in [0, 0.05) is 5.56 Å². The van der Waals surface area contributed by atoms with Crippen molar-refractivity contribution in [3.8, 4) is 17.0 Å². The summed E-state index contributed by atoms with van der Waals surface area (Å²) >= 11 is 0. The average Bonchev–Trinajstić information content (AvgIpc) is 2.91. The Hall–Kier alpha value is -2.61. The normalized spacial score (nSPS) is 11.0. The van der Waals surface area contributed by atoms with Crippen LogP contribution in [0.3, 0.4) is 0 Å². The Morgan fingerprint density at radius 3 is 1.69 bits per heavy atom. The van der Waals surface area contributed by atoms with Gasteiger partial charge in [-0.15, -0.1) is 0 Å². The van der Waals surface area contributed by atoms with Crippen molar-refractivity contribution >= 4 is 0 Å². The summed E-state index contributed by atoms with van der Waals surface area (Å²) in [7, 11) is 0. The summed E-state index contributed by atoms with van der Waals surface area (Å²) in [6.45, 7) is 5.28. The lowest BCUT2D eigenvalue weighted by atomic mass is 10.00. The average molecular weight is 472 g/mol. The zero-order chi connectivity index (χ0) is 24.6. The van der Waals surface area contributed by atoms with Gasteiger partial charge in [-0.3, -0.25) is 4.98 Å². The first kappa shape index (κ1) is 27.0. The van der Waals surface area contributed by atoms with Crippen molar-refractivity contribution in [1.29, 1.82) is 0 Å². The Bertz CT molecular complexity index is 928. The Kier molecular flexibility index (Phi) is 12.4. The standard InChI is InChI=1S/C33H45NO/c1-3-5-7-9-10-11-13-28-14-16-29(17-15-28)18-19-30-20-22-31(23-21-30)33-25-24-32(27-34-33)35-26-12-8-6-4-2/h14-17,20-25,27H,3-13,18-19,26H2,1-2H3. The molecule has 0 bridgehead atoms. The SMILES string of the molecule is CCCCCCCCc1ccc(CCc2ccc(-c3ccc(OCCCCCC)cn3)cc2)cc1. The number of hydrogen-bond acceptors (Lipinski definition) is 2. The van der Waals surface area contributed by atoms with Gasteiger partial charge in [0.25, 0.3) is 0 Å². The van der Waals surface area contributed by atoms with E-state index in [-0.39, 0.29) is 0 Å². The van der Waals surface area contributed by atoms with Gasteiger partial charge in [0.05, 0.1) is 18.5 Å². The number of pyridine rings is 1. The molecule has 2 nitrogen and oxygen atoms in total. The number of aryl methyl sites for hydroxylation is 3. The number of unbranched alkanes of at least 4 members (excludes halogenated alkanes) is 8. The van der Waals surface area contributed by atoms with Crippen LogP contribution in [-0.2, 0) is 19.3 Å². The molecule has 0 saturated carbocycles. The van der Waals surface area contributed by atoms with Crippen LogP contribution < -0.4 is 4.74 Å². The number of hydrogen-bond donors (Lipinski definition) is 0. The predicted molar refractivity (Wildman–Crippen MR) is 150 cm³/mol. The van der Waals surface area contributed by atoms with Crippen LogP contribution in [0, 0.1) is 0 Å². The molecule has 0 unspecified atom stereocenters. The molecule has 2 heteroatoms. The van der Waals surface area contributed by atoms with Crippen LogP contribution in [0.2, 0.25) is 0 Å². The van der Waals surface area contributed by atoms with Crippen LogP contribution >= 0.6 is 0 Å². The van der Waals surface area contributed by atoms with Gasteiger partial charge in [-0.05, 0) is 60.9 Å². The van der Waals surface area contributed by atoms with Gasteiger partial charge in [0.2, 0.25) is 0 Å². The van der Waals surface area contributed by atoms with Gasteiger partial charge in [0.15, 0.2) is 0 Å². The maximum Gasteiger partial charge on any atom is 0.137 e. The van der Waals surface area contributed by atoms with E-state index in [4.69, 9.17) is 4.74 Å². The summed E-state index contributed by atoms with van der Waals surface area (Å²) in [5.74, 6) is 0.861. The molecule has 0 amide bonds. The maximum absolute atomic E-state index is 5.82. The van der Waals surface area contributed by atoms with Crippen molar-refractivity contribution in [2.45, 2.75) is 97.3 Å². The molecular formula is C33H45NO. The fourth-order valence-corrected chi connectivity index (χ4v) is 4.47. The third kappa shape index (κ3) is 10.3. The minimum Gasteiger partial charge on any atom is -0.492 e. The van der Waals surface area contributed by atoms with E-state index in [0.717, 1.165) is 42.9 Å². The van der Waals surface area contributed by atoms with E-state index < -0.39 is 0 Å². The van der Waals surface area contributed by atoms with Crippen LogP contribution in [0.4, 0.5) is 0 Å². The van der Waals surface area contributed by atoms with Crippen molar-refractivity contribution in [2.75, 3.05) is 6.61 Å². The summed E-state index contributed by atoms with van der Waals surface area (Å²) in [5, 5.41) is 0. The third-order valence-electron chi connectivity index (χ3n) is 6.80. The van der Waals surface area contributed by atoms with E-state index >= 15 is 0 Å². The molecule has 2 aromatic carbocycles. The lowest BCUT2D eigenvalue weighted by molar-refractivity contribution is 0.304. The van der Waals surface area contributed by atoms with Gasteiger partial charge in [-0.25, -0.2) is 0 Å². The van der Waals surface area contributed by atoms with Crippen LogP contribution in [0.25, 0.3) is 11.3 Å². The first-order valence-electron chi connectivity index (χ1n) is 14.0. The Morgan fingerprint density at radius 2 is 1.09 bits per heavy atom. The monoisotopic (exact) mass is 471 g/mol. The van der Waals surface area contributed by atoms with E-state index in [2.05, 4.69) is 73.4 Å². The first-order valence-corrected chi connectivity index (χ1v) is 14.0. The fourth-order valence-electron chi connectivity index (χ4n) is 4.47. The molecule has 0 saturated heterocycles. The molecule has 0 aliphatic rings. The molecule has 3 rings (SSSR count). The maximum atomic E-state index is 5.82. The molecule has 0 aliphatic heterocycles. The first-order chi connectivity index (χ1) is 17.3. The van der Waals surface area contributed by atoms with Gasteiger partial charge in [-0.2, -0.15) is 0 Å². The summed E-state index contributed by atoms with van der Waals surface area (Å²) < 4.78 is 5.82. The Morgan fingerprint density at radius 1 is 0.543 bits per heavy atom. The summed E-state index contributed by atoms with van der Waals surface area (Å²) in [6, 6.07) is 22.2. The molecule has 3 aromatic rings. The second kappa shape index (κ2) is 16.1. The lowest BCUT2D eigenvalue weighted by Gasteiger charge is -2.08. The molecular weight excluding hydrogens is 426 g/mol. The highest BCUT2D eigenvalue weighted by Crippen LogP contribution is 2.21. The second-order valence-electron chi connectivity index (χ2n) is 9.82. The highest BCUT2D eigenvalue weighted by atomic mass is 16.5. The van der Waals surface area contributed by atoms with Crippen molar-refractivity contribution in [1.82, 2.24) is 4.98 Å².